The summed E-state index contributed by atoms with van der Waals surface area (Å²) in [6, 6.07) is 0. The lowest BCUT2D eigenvalue weighted by atomic mass is 9.44. The topological polar surface area (TPSA) is 20.2 Å². The molecule has 0 aromatic carbocycles. The lowest BCUT2D eigenvalue weighted by Gasteiger charge is -2.62. The van der Waals surface area contributed by atoms with Crippen LogP contribution in [0, 0.1) is 52.3 Å². The van der Waals surface area contributed by atoms with Gasteiger partial charge >= 0.3 is 0 Å². The maximum atomic E-state index is 11.1. The highest BCUT2D eigenvalue weighted by Crippen LogP contribution is 2.68. The summed E-state index contributed by atoms with van der Waals surface area (Å²) in [7, 11) is 0. The van der Waals surface area contributed by atoms with Crippen molar-refractivity contribution >= 4 is 0 Å². The van der Waals surface area contributed by atoms with Gasteiger partial charge in [-0.05, 0) is 104 Å². The van der Waals surface area contributed by atoms with Gasteiger partial charge in [0.15, 0.2) is 0 Å². The van der Waals surface area contributed by atoms with Gasteiger partial charge in [0.25, 0.3) is 0 Å². The standard InChI is InChI=1S/C27H48O/c1-18(2)8-6-9-19(3)22-14-15-23-21-13-12-20-10-7-11-25(28)27(20,5)24(21)16-17-26(22,23)4/h18-25,28H,6-17H2,1-5H3/t19-,20-,21+,22+,23-,24+,25+,26-,27+/m1/s1. The third-order valence-corrected chi connectivity index (χ3v) is 10.9. The minimum absolute atomic E-state index is 0.0319. The Morgan fingerprint density at radius 2 is 1.64 bits per heavy atom. The molecule has 4 saturated carbocycles. The van der Waals surface area contributed by atoms with Gasteiger partial charge in [-0.2, -0.15) is 0 Å². The predicted molar refractivity (Wildman–Crippen MR) is 119 cm³/mol. The van der Waals surface area contributed by atoms with Crippen molar-refractivity contribution in [3.8, 4) is 0 Å². The Morgan fingerprint density at radius 1 is 0.857 bits per heavy atom. The van der Waals surface area contributed by atoms with Gasteiger partial charge in [-0.25, -0.2) is 0 Å². The summed E-state index contributed by atoms with van der Waals surface area (Å²) in [4.78, 5) is 0. The second-order valence-corrected chi connectivity index (χ2v) is 12.5. The average Bonchev–Trinajstić information content (AvgIpc) is 3.00. The maximum absolute atomic E-state index is 11.1. The van der Waals surface area contributed by atoms with E-state index in [1.807, 2.05) is 0 Å². The fourth-order valence-corrected chi connectivity index (χ4v) is 9.34. The van der Waals surface area contributed by atoms with Gasteiger partial charge in [-0.1, -0.05) is 60.3 Å². The summed E-state index contributed by atoms with van der Waals surface area (Å²) in [5.41, 5.74) is 0.810. The highest BCUT2D eigenvalue weighted by atomic mass is 16.3. The van der Waals surface area contributed by atoms with Crippen molar-refractivity contribution in [2.45, 2.75) is 118 Å². The lowest BCUT2D eigenvalue weighted by Crippen LogP contribution is -2.57. The SMILES string of the molecule is CC(C)CCC[C@@H](C)[C@@H]1CC[C@@H]2[C@@H]3CC[C@H]4CCC[C@H](O)[C@]4(C)[C@H]3CC[C@@]21C. The molecule has 0 aliphatic heterocycles. The van der Waals surface area contributed by atoms with Crippen LogP contribution in [-0.4, -0.2) is 11.2 Å². The molecule has 162 valence electrons. The van der Waals surface area contributed by atoms with Crippen molar-refractivity contribution in [3.05, 3.63) is 0 Å². The summed E-state index contributed by atoms with van der Waals surface area (Å²) in [5, 5.41) is 11.1. The van der Waals surface area contributed by atoms with E-state index >= 15 is 0 Å². The van der Waals surface area contributed by atoms with Gasteiger partial charge in [0, 0.05) is 0 Å². The van der Waals surface area contributed by atoms with E-state index in [1.54, 1.807) is 0 Å². The van der Waals surface area contributed by atoms with Crippen molar-refractivity contribution in [3.63, 3.8) is 0 Å². The number of fused-ring (bicyclic) bond motifs is 5. The Bertz CT molecular complexity index is 540. The molecule has 0 saturated heterocycles. The Labute approximate surface area is 175 Å². The summed E-state index contributed by atoms with van der Waals surface area (Å²) >= 11 is 0. The van der Waals surface area contributed by atoms with Crippen LogP contribution in [0.25, 0.3) is 0 Å². The molecule has 1 heteroatoms. The van der Waals surface area contributed by atoms with Crippen molar-refractivity contribution in [1.29, 1.82) is 0 Å². The highest BCUT2D eigenvalue weighted by molar-refractivity contribution is 5.10. The molecule has 0 aromatic rings. The Kier molecular flexibility index (Phi) is 5.98. The summed E-state index contributed by atoms with van der Waals surface area (Å²) < 4.78 is 0. The molecular formula is C27H48O. The van der Waals surface area contributed by atoms with Gasteiger partial charge in [0.2, 0.25) is 0 Å². The fraction of sp³-hybridized carbons (Fsp3) is 1.00. The van der Waals surface area contributed by atoms with Crippen molar-refractivity contribution in [2.24, 2.45) is 52.3 Å². The molecular weight excluding hydrogens is 340 g/mol. The van der Waals surface area contributed by atoms with Gasteiger partial charge in [-0.15, -0.1) is 0 Å². The van der Waals surface area contributed by atoms with Crippen LogP contribution in [0.15, 0.2) is 0 Å². The first-order valence-electron chi connectivity index (χ1n) is 13.0. The minimum atomic E-state index is -0.0319. The van der Waals surface area contributed by atoms with E-state index in [2.05, 4.69) is 34.6 Å². The molecule has 4 aliphatic carbocycles. The van der Waals surface area contributed by atoms with E-state index in [0.717, 1.165) is 47.8 Å². The Morgan fingerprint density at radius 3 is 2.39 bits per heavy atom. The first kappa shape index (κ1) is 21.2. The zero-order chi connectivity index (χ0) is 20.1. The first-order chi connectivity index (χ1) is 13.3. The monoisotopic (exact) mass is 388 g/mol. The molecule has 4 rings (SSSR count). The van der Waals surface area contributed by atoms with Gasteiger partial charge in [-0.3, -0.25) is 0 Å². The minimum Gasteiger partial charge on any atom is -0.393 e. The molecule has 0 aromatic heterocycles. The molecule has 28 heavy (non-hydrogen) atoms. The van der Waals surface area contributed by atoms with Crippen LogP contribution in [0.5, 0.6) is 0 Å². The maximum Gasteiger partial charge on any atom is 0.0599 e. The van der Waals surface area contributed by atoms with Gasteiger partial charge < -0.3 is 5.11 Å². The fourth-order valence-electron chi connectivity index (χ4n) is 9.34. The molecule has 0 radical (unpaired) electrons. The van der Waals surface area contributed by atoms with Crippen molar-refractivity contribution < 1.29 is 5.11 Å². The van der Waals surface area contributed by atoms with E-state index < -0.39 is 0 Å². The van der Waals surface area contributed by atoms with Crippen molar-refractivity contribution in [1.82, 2.24) is 0 Å². The van der Waals surface area contributed by atoms with E-state index in [0.29, 0.717) is 5.41 Å². The zero-order valence-electron chi connectivity index (χ0n) is 19.6. The number of rotatable bonds is 5. The van der Waals surface area contributed by atoms with Crippen LogP contribution in [0.1, 0.15) is 112 Å². The number of hydrogen-bond donors (Lipinski definition) is 1. The summed E-state index contributed by atoms with van der Waals surface area (Å²) in [6.07, 6.45) is 16.6. The van der Waals surface area contributed by atoms with Crippen LogP contribution >= 0.6 is 0 Å². The van der Waals surface area contributed by atoms with Crippen LogP contribution < -0.4 is 0 Å². The molecule has 0 amide bonds. The summed E-state index contributed by atoms with van der Waals surface area (Å²) in [5.74, 6) is 6.15. The second kappa shape index (κ2) is 7.90. The number of hydrogen-bond acceptors (Lipinski definition) is 1. The van der Waals surface area contributed by atoms with E-state index in [4.69, 9.17) is 0 Å². The van der Waals surface area contributed by atoms with Gasteiger partial charge in [0.05, 0.1) is 6.10 Å². The van der Waals surface area contributed by atoms with Crippen LogP contribution in [0.3, 0.4) is 0 Å². The molecule has 0 unspecified atom stereocenters. The summed E-state index contributed by atoms with van der Waals surface area (Å²) in [6.45, 7) is 12.5. The Balaban J connectivity index is 1.49. The normalized spacial score (nSPS) is 49.4. The molecule has 1 nitrogen and oxygen atoms in total. The number of aliphatic hydroxyl groups is 1. The smallest absolute Gasteiger partial charge is 0.0599 e. The van der Waals surface area contributed by atoms with E-state index in [9.17, 15) is 5.11 Å². The average molecular weight is 389 g/mol. The molecule has 4 aliphatic rings. The second-order valence-electron chi connectivity index (χ2n) is 12.5. The van der Waals surface area contributed by atoms with Crippen molar-refractivity contribution in [2.75, 3.05) is 0 Å². The zero-order valence-corrected chi connectivity index (χ0v) is 19.6. The molecule has 1 N–H and O–H groups in total. The molecule has 9 atom stereocenters. The third-order valence-electron chi connectivity index (χ3n) is 10.9. The van der Waals surface area contributed by atoms with Gasteiger partial charge in [0.1, 0.15) is 0 Å². The van der Waals surface area contributed by atoms with Crippen LogP contribution in [0.4, 0.5) is 0 Å². The first-order valence-corrected chi connectivity index (χ1v) is 13.0. The predicted octanol–water partition coefficient (Wildman–Crippen LogP) is 7.47. The quantitative estimate of drug-likeness (QED) is 0.518. The molecule has 0 spiro atoms. The molecule has 0 heterocycles. The largest absolute Gasteiger partial charge is 0.393 e. The molecule has 4 fully saturated rings. The Hall–Kier alpha value is -0.0400. The molecule has 0 bridgehead atoms. The highest BCUT2D eigenvalue weighted by Gasteiger charge is 2.61. The third kappa shape index (κ3) is 3.30. The van der Waals surface area contributed by atoms with Crippen LogP contribution in [-0.2, 0) is 0 Å². The number of aliphatic hydroxyl groups excluding tert-OH is 1. The van der Waals surface area contributed by atoms with E-state index in [-0.39, 0.29) is 11.5 Å². The van der Waals surface area contributed by atoms with E-state index in [1.165, 1.54) is 70.6 Å². The van der Waals surface area contributed by atoms with Crippen LogP contribution in [0.2, 0.25) is 0 Å². The lowest BCUT2D eigenvalue weighted by molar-refractivity contribution is -0.164.